The fraction of sp³-hybridized carbons (Fsp3) is 0.500. The van der Waals surface area contributed by atoms with Crippen molar-refractivity contribution < 1.29 is 4.74 Å². The molecule has 90 valence electrons. The second-order valence-corrected chi connectivity index (χ2v) is 4.56. The maximum Gasteiger partial charge on any atom is 0.243 e. The van der Waals surface area contributed by atoms with Gasteiger partial charge < -0.3 is 10.1 Å². The summed E-state index contributed by atoms with van der Waals surface area (Å²) in [6.07, 6.45) is 3.21. The topological polar surface area (TPSA) is 51.5 Å². The van der Waals surface area contributed by atoms with Crippen LogP contribution in [0, 0.1) is 6.92 Å². The number of aryl methyl sites for hydroxylation is 1. The van der Waals surface area contributed by atoms with Crippen LogP contribution in [0.25, 0.3) is 5.65 Å². The smallest absolute Gasteiger partial charge is 0.243 e. The molecule has 1 N–H and O–H groups in total. The highest BCUT2D eigenvalue weighted by atomic mass is 16.5. The molecule has 3 rings (SSSR count). The summed E-state index contributed by atoms with van der Waals surface area (Å²) in [4.78, 5) is 4.44. The van der Waals surface area contributed by atoms with Gasteiger partial charge in [0.05, 0.1) is 12.1 Å². The number of aromatic nitrogens is 3. The van der Waals surface area contributed by atoms with Gasteiger partial charge in [0.15, 0.2) is 5.65 Å². The van der Waals surface area contributed by atoms with Crippen LogP contribution in [-0.4, -0.2) is 33.4 Å². The molecule has 1 aliphatic rings. The van der Waals surface area contributed by atoms with Crippen molar-refractivity contribution in [2.45, 2.75) is 32.4 Å². The van der Waals surface area contributed by atoms with Gasteiger partial charge in [0.2, 0.25) is 5.95 Å². The third-order valence-electron chi connectivity index (χ3n) is 3.17. The third-order valence-corrected chi connectivity index (χ3v) is 3.17. The molecule has 0 spiro atoms. The predicted molar refractivity (Wildman–Crippen MR) is 65.2 cm³/mol. The van der Waals surface area contributed by atoms with Crippen molar-refractivity contribution in [3.05, 3.63) is 23.9 Å². The van der Waals surface area contributed by atoms with Crippen LogP contribution in [0.4, 0.5) is 5.95 Å². The van der Waals surface area contributed by atoms with Crippen LogP contribution in [-0.2, 0) is 4.74 Å². The molecule has 1 fully saturated rings. The summed E-state index contributed by atoms with van der Waals surface area (Å²) in [7, 11) is 0. The first-order valence-electron chi connectivity index (χ1n) is 5.93. The van der Waals surface area contributed by atoms with E-state index in [9.17, 15) is 0 Å². The van der Waals surface area contributed by atoms with Gasteiger partial charge in [-0.25, -0.2) is 4.52 Å². The molecule has 2 aromatic rings. The molecule has 0 bridgehead atoms. The Morgan fingerprint density at radius 1 is 1.47 bits per heavy atom. The van der Waals surface area contributed by atoms with E-state index in [-0.39, 0.29) is 6.10 Å². The zero-order valence-electron chi connectivity index (χ0n) is 10.1. The Balaban J connectivity index is 1.85. The first kappa shape index (κ1) is 10.5. The molecule has 17 heavy (non-hydrogen) atoms. The summed E-state index contributed by atoms with van der Waals surface area (Å²) in [6, 6.07) is 4.32. The lowest BCUT2D eigenvalue weighted by atomic mass is 10.2. The maximum atomic E-state index is 5.51. The molecule has 2 atom stereocenters. The van der Waals surface area contributed by atoms with Crippen LogP contribution >= 0.6 is 0 Å². The second-order valence-electron chi connectivity index (χ2n) is 4.56. The Morgan fingerprint density at radius 2 is 2.35 bits per heavy atom. The van der Waals surface area contributed by atoms with E-state index in [0.29, 0.717) is 12.0 Å². The Morgan fingerprint density at radius 3 is 3.12 bits per heavy atom. The molecule has 0 aliphatic carbocycles. The van der Waals surface area contributed by atoms with Gasteiger partial charge in [-0.05, 0) is 31.9 Å². The van der Waals surface area contributed by atoms with E-state index < -0.39 is 0 Å². The monoisotopic (exact) mass is 232 g/mol. The summed E-state index contributed by atoms with van der Waals surface area (Å²) < 4.78 is 7.31. The molecule has 0 amide bonds. The molecule has 2 aromatic heterocycles. The standard InChI is InChI=1S/C12H16N4O/c1-8-3-4-11-14-12(15-16(11)7-8)13-10-5-6-17-9(10)2/h3-4,7,9-10H,5-6H2,1-2H3,(H,13,15). The van der Waals surface area contributed by atoms with E-state index in [0.717, 1.165) is 18.7 Å². The molecule has 5 nitrogen and oxygen atoms in total. The van der Waals surface area contributed by atoms with Crippen LogP contribution in [0.15, 0.2) is 18.3 Å². The van der Waals surface area contributed by atoms with Crippen molar-refractivity contribution in [3.63, 3.8) is 0 Å². The lowest BCUT2D eigenvalue weighted by Gasteiger charge is -2.13. The zero-order chi connectivity index (χ0) is 11.8. The largest absolute Gasteiger partial charge is 0.376 e. The van der Waals surface area contributed by atoms with Crippen molar-refractivity contribution in [2.75, 3.05) is 11.9 Å². The summed E-state index contributed by atoms with van der Waals surface area (Å²) >= 11 is 0. The van der Waals surface area contributed by atoms with Gasteiger partial charge in [0.25, 0.3) is 0 Å². The number of hydrogen-bond donors (Lipinski definition) is 1. The van der Waals surface area contributed by atoms with E-state index >= 15 is 0 Å². The van der Waals surface area contributed by atoms with Crippen molar-refractivity contribution in [3.8, 4) is 0 Å². The summed E-state index contributed by atoms with van der Waals surface area (Å²) in [5.41, 5.74) is 2.04. The van der Waals surface area contributed by atoms with Crippen molar-refractivity contribution in [2.24, 2.45) is 0 Å². The highest BCUT2D eigenvalue weighted by Gasteiger charge is 2.24. The number of ether oxygens (including phenoxy) is 1. The average Bonchev–Trinajstić information content (AvgIpc) is 2.85. The summed E-state index contributed by atoms with van der Waals surface area (Å²) in [5, 5.41) is 7.74. The molecule has 0 radical (unpaired) electrons. The van der Waals surface area contributed by atoms with Gasteiger partial charge in [0.1, 0.15) is 0 Å². The van der Waals surface area contributed by atoms with E-state index in [4.69, 9.17) is 4.74 Å². The average molecular weight is 232 g/mol. The van der Waals surface area contributed by atoms with E-state index in [2.05, 4.69) is 22.3 Å². The highest BCUT2D eigenvalue weighted by Crippen LogP contribution is 2.17. The van der Waals surface area contributed by atoms with Crippen LogP contribution in [0.1, 0.15) is 18.9 Å². The van der Waals surface area contributed by atoms with Gasteiger partial charge in [-0.3, -0.25) is 0 Å². The Bertz CT molecular complexity index is 536. The minimum atomic E-state index is 0.225. The molecular weight excluding hydrogens is 216 g/mol. The first-order valence-corrected chi connectivity index (χ1v) is 5.93. The van der Waals surface area contributed by atoms with Crippen LogP contribution < -0.4 is 5.32 Å². The number of fused-ring (bicyclic) bond motifs is 1. The minimum absolute atomic E-state index is 0.225. The Kier molecular flexibility index (Phi) is 2.48. The van der Waals surface area contributed by atoms with E-state index in [1.54, 1.807) is 4.52 Å². The van der Waals surface area contributed by atoms with E-state index in [1.165, 1.54) is 5.56 Å². The highest BCUT2D eigenvalue weighted by molar-refractivity contribution is 5.44. The van der Waals surface area contributed by atoms with Gasteiger partial charge in [-0.1, -0.05) is 6.07 Å². The van der Waals surface area contributed by atoms with Crippen LogP contribution in [0.2, 0.25) is 0 Å². The number of rotatable bonds is 2. The molecule has 3 heterocycles. The predicted octanol–water partition coefficient (Wildman–Crippen LogP) is 1.63. The van der Waals surface area contributed by atoms with Crippen LogP contribution in [0.3, 0.4) is 0 Å². The Hall–Kier alpha value is -1.62. The van der Waals surface area contributed by atoms with Crippen molar-refractivity contribution >= 4 is 11.6 Å². The Labute approximate surface area is 99.8 Å². The number of anilines is 1. The zero-order valence-corrected chi connectivity index (χ0v) is 10.1. The summed E-state index contributed by atoms with van der Waals surface area (Å²) in [6.45, 7) is 4.93. The van der Waals surface area contributed by atoms with E-state index in [1.807, 2.05) is 25.3 Å². The lowest BCUT2D eigenvalue weighted by Crippen LogP contribution is -2.27. The first-order chi connectivity index (χ1) is 8.22. The summed E-state index contributed by atoms with van der Waals surface area (Å²) in [5.74, 6) is 0.679. The fourth-order valence-electron chi connectivity index (χ4n) is 2.13. The number of hydrogen-bond acceptors (Lipinski definition) is 4. The number of nitrogens with zero attached hydrogens (tertiary/aromatic N) is 3. The van der Waals surface area contributed by atoms with Crippen LogP contribution in [0.5, 0.6) is 0 Å². The van der Waals surface area contributed by atoms with Gasteiger partial charge in [0, 0.05) is 12.8 Å². The maximum absolute atomic E-state index is 5.51. The molecule has 2 unspecified atom stereocenters. The number of pyridine rings is 1. The molecule has 1 saturated heterocycles. The SMILES string of the molecule is Cc1ccc2nc(NC3CCOC3C)nn2c1. The lowest BCUT2D eigenvalue weighted by molar-refractivity contribution is 0.121. The van der Waals surface area contributed by atoms with Gasteiger partial charge in [-0.2, -0.15) is 4.98 Å². The van der Waals surface area contributed by atoms with Gasteiger partial charge in [-0.15, -0.1) is 5.10 Å². The molecule has 1 aliphatic heterocycles. The third kappa shape index (κ3) is 1.98. The fourth-order valence-corrected chi connectivity index (χ4v) is 2.13. The second kappa shape index (κ2) is 4.00. The number of nitrogens with one attached hydrogen (secondary N) is 1. The van der Waals surface area contributed by atoms with Crippen molar-refractivity contribution in [1.82, 2.24) is 14.6 Å². The minimum Gasteiger partial charge on any atom is -0.376 e. The van der Waals surface area contributed by atoms with Crippen molar-refractivity contribution in [1.29, 1.82) is 0 Å². The van der Waals surface area contributed by atoms with Gasteiger partial charge >= 0.3 is 0 Å². The normalized spacial score (nSPS) is 24.4. The molecule has 5 heteroatoms. The quantitative estimate of drug-likeness (QED) is 0.855. The molecule has 0 saturated carbocycles. The molecule has 0 aromatic carbocycles. The molecular formula is C12H16N4O.